The van der Waals surface area contributed by atoms with Crippen LogP contribution in [0.5, 0.6) is 0 Å². The first-order valence-corrected chi connectivity index (χ1v) is 11.9. The van der Waals surface area contributed by atoms with Crippen molar-refractivity contribution in [2.45, 2.75) is 51.6 Å². The van der Waals surface area contributed by atoms with Gasteiger partial charge in [0.05, 0.1) is 5.75 Å². The average molecular weight is 495 g/mol. The maximum atomic E-state index is 13.0. The maximum absolute atomic E-state index is 13.0. The molecule has 0 bridgehead atoms. The van der Waals surface area contributed by atoms with Crippen molar-refractivity contribution in [1.29, 1.82) is 0 Å². The van der Waals surface area contributed by atoms with E-state index in [0.29, 0.717) is 12.3 Å². The van der Waals surface area contributed by atoms with Crippen LogP contribution in [0.15, 0.2) is 53.0 Å². The zero-order valence-corrected chi connectivity index (χ0v) is 19.9. The normalized spacial score (nSPS) is 12.8. The van der Waals surface area contributed by atoms with Gasteiger partial charge in [0.1, 0.15) is 11.9 Å². The molecule has 0 fully saturated rings. The summed E-state index contributed by atoms with van der Waals surface area (Å²) in [5.74, 6) is 0.317. The molecule has 0 saturated carbocycles. The second-order valence-electron chi connectivity index (χ2n) is 7.26. The smallest absolute Gasteiger partial charge is 0.242 e. The summed E-state index contributed by atoms with van der Waals surface area (Å²) in [5.41, 5.74) is 1.91. The molecule has 2 atom stereocenters. The third-order valence-electron chi connectivity index (χ3n) is 4.84. The Labute approximate surface area is 190 Å². The molecule has 0 unspecified atom stereocenters. The fraction of sp³-hybridized carbons (Fsp3) is 0.391. The summed E-state index contributed by atoms with van der Waals surface area (Å²) in [7, 11) is 0. The van der Waals surface area contributed by atoms with Crippen molar-refractivity contribution >= 4 is 39.5 Å². The highest BCUT2D eigenvalue weighted by Crippen LogP contribution is 2.18. The summed E-state index contributed by atoms with van der Waals surface area (Å²) in [4.78, 5) is 27.3. The van der Waals surface area contributed by atoms with Crippen molar-refractivity contribution < 1.29 is 14.0 Å². The molecular weight excluding hydrogens is 467 g/mol. The molecule has 7 heteroatoms. The van der Waals surface area contributed by atoms with E-state index in [-0.39, 0.29) is 29.4 Å². The molecule has 0 aliphatic carbocycles. The Balaban J connectivity index is 2.06. The molecule has 0 saturated heterocycles. The van der Waals surface area contributed by atoms with E-state index in [1.807, 2.05) is 38.1 Å². The number of hydrogen-bond acceptors (Lipinski definition) is 3. The first kappa shape index (κ1) is 24.4. The molecule has 0 aromatic heterocycles. The SMILES string of the molecule is CC[C@@H](C)NC(=O)[C@H](C)N(Cc1ccc(Br)cc1)C(=O)CSCc1ccc(F)cc1. The lowest BCUT2D eigenvalue weighted by molar-refractivity contribution is -0.138. The molecule has 0 aliphatic heterocycles. The van der Waals surface area contributed by atoms with Gasteiger partial charge in [-0.15, -0.1) is 11.8 Å². The number of carbonyl (C=O) groups is 2. The van der Waals surface area contributed by atoms with Crippen molar-refractivity contribution in [3.05, 3.63) is 69.9 Å². The number of nitrogens with one attached hydrogen (secondary N) is 1. The van der Waals surface area contributed by atoms with Crippen LogP contribution in [0.4, 0.5) is 4.39 Å². The molecule has 2 aromatic rings. The minimum atomic E-state index is -0.582. The Bertz CT molecular complexity index is 830. The third kappa shape index (κ3) is 7.76. The lowest BCUT2D eigenvalue weighted by Crippen LogP contribution is -2.50. The van der Waals surface area contributed by atoms with Crippen molar-refractivity contribution in [3.8, 4) is 0 Å². The lowest BCUT2D eigenvalue weighted by Gasteiger charge is -2.29. The van der Waals surface area contributed by atoms with Gasteiger partial charge in [0, 0.05) is 22.8 Å². The van der Waals surface area contributed by atoms with Crippen LogP contribution in [0.3, 0.4) is 0 Å². The van der Waals surface area contributed by atoms with Crippen LogP contribution >= 0.6 is 27.7 Å². The van der Waals surface area contributed by atoms with E-state index in [4.69, 9.17) is 0 Å². The van der Waals surface area contributed by atoms with Crippen molar-refractivity contribution in [3.63, 3.8) is 0 Å². The van der Waals surface area contributed by atoms with Crippen LogP contribution in [-0.4, -0.2) is 34.6 Å². The van der Waals surface area contributed by atoms with Gasteiger partial charge >= 0.3 is 0 Å². The molecule has 30 heavy (non-hydrogen) atoms. The zero-order chi connectivity index (χ0) is 22.1. The average Bonchev–Trinajstić information content (AvgIpc) is 2.74. The topological polar surface area (TPSA) is 49.4 Å². The number of thioether (sulfide) groups is 1. The first-order chi connectivity index (χ1) is 14.3. The van der Waals surface area contributed by atoms with Crippen molar-refractivity contribution in [1.82, 2.24) is 10.2 Å². The Hall–Kier alpha value is -1.86. The predicted molar refractivity (Wildman–Crippen MR) is 125 cm³/mol. The van der Waals surface area contributed by atoms with Gasteiger partial charge in [-0.05, 0) is 55.7 Å². The van der Waals surface area contributed by atoms with Crippen LogP contribution in [0, 0.1) is 5.82 Å². The Morgan fingerprint density at radius 3 is 2.27 bits per heavy atom. The summed E-state index contributed by atoms with van der Waals surface area (Å²) < 4.78 is 14.0. The number of benzene rings is 2. The molecule has 0 radical (unpaired) electrons. The van der Waals surface area contributed by atoms with E-state index in [0.717, 1.165) is 22.0 Å². The minimum absolute atomic E-state index is 0.0532. The van der Waals surface area contributed by atoms with Crippen molar-refractivity contribution in [2.75, 3.05) is 5.75 Å². The maximum Gasteiger partial charge on any atom is 0.242 e. The molecular formula is C23H28BrFN2O2S. The van der Waals surface area contributed by atoms with Crippen LogP contribution in [0.2, 0.25) is 0 Å². The molecule has 162 valence electrons. The highest BCUT2D eigenvalue weighted by atomic mass is 79.9. The van der Waals surface area contributed by atoms with E-state index in [2.05, 4.69) is 21.2 Å². The Morgan fingerprint density at radius 2 is 1.67 bits per heavy atom. The van der Waals surface area contributed by atoms with E-state index < -0.39 is 6.04 Å². The number of hydrogen-bond donors (Lipinski definition) is 1. The van der Waals surface area contributed by atoms with Gasteiger partial charge in [0.25, 0.3) is 0 Å². The van der Waals surface area contributed by atoms with Crippen LogP contribution < -0.4 is 5.32 Å². The van der Waals surface area contributed by atoms with E-state index in [1.165, 1.54) is 23.9 Å². The van der Waals surface area contributed by atoms with E-state index >= 15 is 0 Å². The van der Waals surface area contributed by atoms with E-state index in [9.17, 15) is 14.0 Å². The molecule has 4 nitrogen and oxygen atoms in total. The molecule has 2 aromatic carbocycles. The zero-order valence-electron chi connectivity index (χ0n) is 17.5. The fourth-order valence-corrected chi connectivity index (χ4v) is 3.89. The van der Waals surface area contributed by atoms with Crippen LogP contribution in [0.1, 0.15) is 38.3 Å². The van der Waals surface area contributed by atoms with Gasteiger partial charge in [0.15, 0.2) is 0 Å². The van der Waals surface area contributed by atoms with Crippen molar-refractivity contribution in [2.24, 2.45) is 0 Å². The van der Waals surface area contributed by atoms with Gasteiger partial charge in [-0.1, -0.05) is 47.1 Å². The van der Waals surface area contributed by atoms with Gasteiger partial charge < -0.3 is 10.2 Å². The summed E-state index contributed by atoms with van der Waals surface area (Å²) in [6.45, 7) is 6.08. The number of amides is 2. The monoisotopic (exact) mass is 494 g/mol. The Morgan fingerprint density at radius 1 is 1.07 bits per heavy atom. The standard InChI is InChI=1S/C23H28BrFN2O2S/c1-4-16(2)26-23(29)17(3)27(13-18-5-9-20(24)10-6-18)22(28)15-30-14-19-7-11-21(25)12-8-19/h5-12,16-17H,4,13-15H2,1-3H3,(H,26,29)/t16-,17+/m1/s1. The predicted octanol–water partition coefficient (Wildman–Crippen LogP) is 5.15. The summed E-state index contributed by atoms with van der Waals surface area (Å²) in [6, 6.07) is 13.5. The van der Waals surface area contributed by atoms with Gasteiger partial charge in [0.2, 0.25) is 11.8 Å². The van der Waals surface area contributed by atoms with E-state index in [1.54, 1.807) is 24.0 Å². The Kier molecular flexibility index (Phi) is 9.85. The highest BCUT2D eigenvalue weighted by Gasteiger charge is 2.26. The molecule has 2 amide bonds. The van der Waals surface area contributed by atoms with Crippen LogP contribution in [0.25, 0.3) is 0 Å². The molecule has 0 spiro atoms. The minimum Gasteiger partial charge on any atom is -0.352 e. The molecule has 0 heterocycles. The quantitative estimate of drug-likeness (QED) is 0.496. The molecule has 2 rings (SSSR count). The molecule has 0 aliphatic rings. The first-order valence-electron chi connectivity index (χ1n) is 9.96. The largest absolute Gasteiger partial charge is 0.352 e. The summed E-state index contributed by atoms with van der Waals surface area (Å²) >= 11 is 4.87. The second-order valence-corrected chi connectivity index (χ2v) is 9.16. The third-order valence-corrected chi connectivity index (χ3v) is 6.36. The van der Waals surface area contributed by atoms with Gasteiger partial charge in [-0.2, -0.15) is 0 Å². The highest BCUT2D eigenvalue weighted by molar-refractivity contribution is 9.10. The van der Waals surface area contributed by atoms with Gasteiger partial charge in [-0.25, -0.2) is 4.39 Å². The van der Waals surface area contributed by atoms with Crippen LogP contribution in [-0.2, 0) is 21.9 Å². The second kappa shape index (κ2) is 12.1. The summed E-state index contributed by atoms with van der Waals surface area (Å²) in [6.07, 6.45) is 0.826. The number of rotatable bonds is 10. The lowest BCUT2D eigenvalue weighted by atomic mass is 10.1. The molecule has 1 N–H and O–H groups in total. The number of nitrogens with zero attached hydrogens (tertiary/aromatic N) is 1. The summed E-state index contributed by atoms with van der Waals surface area (Å²) in [5, 5.41) is 2.96. The van der Waals surface area contributed by atoms with Gasteiger partial charge in [-0.3, -0.25) is 9.59 Å². The number of carbonyl (C=O) groups excluding carboxylic acids is 2. The fourth-order valence-electron chi connectivity index (χ4n) is 2.75. The number of halogens is 2.